The van der Waals surface area contributed by atoms with Crippen molar-refractivity contribution in [2.24, 2.45) is 0 Å². The topological polar surface area (TPSA) is 115 Å². The molecule has 0 saturated carbocycles. The third kappa shape index (κ3) is 4.91. The Balaban J connectivity index is 1.42. The van der Waals surface area contributed by atoms with Gasteiger partial charge in [0, 0.05) is 5.56 Å². The number of rotatable bonds is 5. The van der Waals surface area contributed by atoms with E-state index in [1.54, 1.807) is 6.07 Å². The third-order valence-electron chi connectivity index (χ3n) is 3.87. The fourth-order valence-electron chi connectivity index (χ4n) is 2.34. The number of hydrogen-bond acceptors (Lipinski definition) is 6. The Hall–Kier alpha value is -3.75. The molecule has 0 aromatic heterocycles. The first kappa shape index (κ1) is 19.0. The van der Waals surface area contributed by atoms with Gasteiger partial charge in [0.2, 0.25) is 6.79 Å². The highest BCUT2D eigenvalue weighted by molar-refractivity contribution is 5.96. The molecule has 28 heavy (non-hydrogen) atoms. The van der Waals surface area contributed by atoms with Gasteiger partial charge in [0.25, 0.3) is 11.8 Å². The van der Waals surface area contributed by atoms with E-state index >= 15 is 0 Å². The number of hydrazine groups is 1. The lowest BCUT2D eigenvalue weighted by Gasteiger charge is -2.15. The van der Waals surface area contributed by atoms with Crippen molar-refractivity contribution in [2.75, 3.05) is 6.79 Å². The van der Waals surface area contributed by atoms with Crippen LogP contribution >= 0.6 is 0 Å². The summed E-state index contributed by atoms with van der Waals surface area (Å²) in [5.41, 5.74) is 5.63. The molecule has 0 saturated heterocycles. The highest BCUT2D eigenvalue weighted by Crippen LogP contribution is 2.32. The fourth-order valence-corrected chi connectivity index (χ4v) is 2.34. The average molecular weight is 385 g/mol. The molecule has 0 spiro atoms. The maximum absolute atomic E-state index is 12.1. The van der Waals surface area contributed by atoms with Crippen LogP contribution in [-0.2, 0) is 16.1 Å². The number of fused-ring (bicyclic) bond motifs is 1. The Bertz CT molecular complexity index is 871. The molecule has 1 atom stereocenters. The zero-order valence-electron chi connectivity index (χ0n) is 15.1. The molecule has 0 fully saturated rings. The van der Waals surface area contributed by atoms with Crippen LogP contribution in [0.5, 0.6) is 11.5 Å². The summed E-state index contributed by atoms with van der Waals surface area (Å²) in [5, 5.41) is 2.39. The lowest BCUT2D eigenvalue weighted by molar-refractivity contribution is -0.123. The van der Waals surface area contributed by atoms with Gasteiger partial charge in [-0.3, -0.25) is 20.4 Å². The molecular formula is C19H19N3O6. The van der Waals surface area contributed by atoms with E-state index in [2.05, 4.69) is 16.2 Å². The molecule has 0 bridgehead atoms. The van der Waals surface area contributed by atoms with Gasteiger partial charge in [0.1, 0.15) is 12.6 Å². The maximum Gasteiger partial charge on any atom is 0.408 e. The van der Waals surface area contributed by atoms with Crippen LogP contribution in [0.25, 0.3) is 0 Å². The maximum atomic E-state index is 12.1. The Labute approximate surface area is 160 Å². The Morgan fingerprint density at radius 1 is 1.04 bits per heavy atom. The number of carbonyl (C=O) groups excluding carboxylic acids is 3. The van der Waals surface area contributed by atoms with Crippen LogP contribution in [0.2, 0.25) is 0 Å². The molecular weight excluding hydrogens is 366 g/mol. The molecule has 1 aliphatic rings. The van der Waals surface area contributed by atoms with Crippen LogP contribution in [0, 0.1) is 0 Å². The SMILES string of the molecule is CC(NC(=O)OCc1ccccc1)C(=O)NNC(=O)c1ccc2c(c1)OCO2. The summed E-state index contributed by atoms with van der Waals surface area (Å²) in [4.78, 5) is 35.9. The number of amides is 3. The van der Waals surface area contributed by atoms with E-state index in [0.717, 1.165) is 5.56 Å². The van der Waals surface area contributed by atoms with Crippen LogP contribution in [-0.4, -0.2) is 30.7 Å². The van der Waals surface area contributed by atoms with E-state index < -0.39 is 23.9 Å². The second kappa shape index (κ2) is 8.76. The van der Waals surface area contributed by atoms with Crippen LogP contribution in [0.15, 0.2) is 48.5 Å². The van der Waals surface area contributed by atoms with E-state index in [1.807, 2.05) is 30.3 Å². The average Bonchev–Trinajstić information content (AvgIpc) is 3.18. The van der Waals surface area contributed by atoms with Gasteiger partial charge in [-0.25, -0.2) is 4.79 Å². The summed E-state index contributed by atoms with van der Waals surface area (Å²) in [6.45, 7) is 1.65. The first-order chi connectivity index (χ1) is 13.5. The smallest absolute Gasteiger partial charge is 0.408 e. The summed E-state index contributed by atoms with van der Waals surface area (Å²) in [7, 11) is 0. The van der Waals surface area contributed by atoms with Gasteiger partial charge in [0.15, 0.2) is 11.5 Å². The zero-order valence-corrected chi connectivity index (χ0v) is 15.1. The van der Waals surface area contributed by atoms with E-state index in [1.165, 1.54) is 19.1 Å². The van der Waals surface area contributed by atoms with Crippen molar-refractivity contribution in [1.82, 2.24) is 16.2 Å². The summed E-state index contributed by atoms with van der Waals surface area (Å²) in [5.74, 6) is -0.140. The molecule has 146 valence electrons. The molecule has 0 radical (unpaired) electrons. The first-order valence-corrected chi connectivity index (χ1v) is 8.50. The number of benzene rings is 2. The second-order valence-corrected chi connectivity index (χ2v) is 5.94. The predicted octanol–water partition coefficient (Wildman–Crippen LogP) is 1.49. The van der Waals surface area contributed by atoms with Crippen LogP contribution in [0.1, 0.15) is 22.8 Å². The van der Waals surface area contributed by atoms with Crippen LogP contribution in [0.3, 0.4) is 0 Å². The zero-order chi connectivity index (χ0) is 19.9. The summed E-state index contributed by atoms with van der Waals surface area (Å²) in [6, 6.07) is 12.9. The van der Waals surface area contributed by atoms with Gasteiger partial charge in [-0.15, -0.1) is 0 Å². The van der Waals surface area contributed by atoms with Crippen molar-refractivity contribution in [3.8, 4) is 11.5 Å². The third-order valence-corrected chi connectivity index (χ3v) is 3.87. The first-order valence-electron chi connectivity index (χ1n) is 8.50. The molecule has 0 aliphatic carbocycles. The standard InChI is InChI=1S/C19H19N3O6/c1-12(20-19(25)26-10-13-5-3-2-4-6-13)17(23)21-22-18(24)14-7-8-15-16(9-14)28-11-27-15/h2-9,12H,10-11H2,1H3,(H,20,25)(H,21,23)(H,22,24). The molecule has 9 heteroatoms. The number of carbonyl (C=O) groups is 3. The lowest BCUT2D eigenvalue weighted by atomic mass is 10.2. The lowest BCUT2D eigenvalue weighted by Crippen LogP contribution is -2.51. The minimum atomic E-state index is -0.916. The Kier molecular flexibility index (Phi) is 5.95. The number of alkyl carbamates (subject to hydrolysis) is 1. The number of hydrogen-bond donors (Lipinski definition) is 3. The van der Waals surface area contributed by atoms with Crippen LogP contribution in [0.4, 0.5) is 4.79 Å². The number of ether oxygens (including phenoxy) is 3. The molecule has 1 heterocycles. The van der Waals surface area contributed by atoms with Gasteiger partial charge >= 0.3 is 6.09 Å². The molecule has 9 nitrogen and oxygen atoms in total. The minimum absolute atomic E-state index is 0.0852. The molecule has 3 amide bonds. The number of nitrogens with one attached hydrogen (secondary N) is 3. The molecule has 2 aromatic rings. The van der Waals surface area contributed by atoms with Gasteiger partial charge in [-0.1, -0.05) is 30.3 Å². The molecule has 1 aliphatic heterocycles. The summed E-state index contributed by atoms with van der Waals surface area (Å²) < 4.78 is 15.4. The molecule has 2 aromatic carbocycles. The summed E-state index contributed by atoms with van der Waals surface area (Å²) >= 11 is 0. The normalized spacial score (nSPS) is 12.6. The van der Waals surface area contributed by atoms with E-state index in [4.69, 9.17) is 14.2 Å². The Morgan fingerprint density at radius 3 is 2.57 bits per heavy atom. The molecule has 3 N–H and O–H groups in total. The largest absolute Gasteiger partial charge is 0.454 e. The van der Waals surface area contributed by atoms with Gasteiger partial charge < -0.3 is 19.5 Å². The molecule has 3 rings (SSSR count). The van der Waals surface area contributed by atoms with E-state index in [0.29, 0.717) is 11.5 Å². The minimum Gasteiger partial charge on any atom is -0.454 e. The Morgan fingerprint density at radius 2 is 1.79 bits per heavy atom. The highest BCUT2D eigenvalue weighted by atomic mass is 16.7. The summed E-state index contributed by atoms with van der Waals surface area (Å²) in [6.07, 6.45) is -0.742. The van der Waals surface area contributed by atoms with Crippen molar-refractivity contribution >= 4 is 17.9 Å². The van der Waals surface area contributed by atoms with Crippen molar-refractivity contribution < 1.29 is 28.6 Å². The molecule has 1 unspecified atom stereocenters. The van der Waals surface area contributed by atoms with Crippen LogP contribution < -0.4 is 25.6 Å². The van der Waals surface area contributed by atoms with E-state index in [-0.39, 0.29) is 19.0 Å². The van der Waals surface area contributed by atoms with Crippen molar-refractivity contribution in [3.63, 3.8) is 0 Å². The van der Waals surface area contributed by atoms with Gasteiger partial charge in [0.05, 0.1) is 0 Å². The van der Waals surface area contributed by atoms with Crippen molar-refractivity contribution in [3.05, 3.63) is 59.7 Å². The quantitative estimate of drug-likeness (QED) is 0.672. The monoisotopic (exact) mass is 385 g/mol. The van der Waals surface area contributed by atoms with Crippen molar-refractivity contribution in [2.45, 2.75) is 19.6 Å². The second-order valence-electron chi connectivity index (χ2n) is 5.94. The van der Waals surface area contributed by atoms with Gasteiger partial charge in [-0.05, 0) is 30.7 Å². The van der Waals surface area contributed by atoms with Crippen molar-refractivity contribution in [1.29, 1.82) is 0 Å². The predicted molar refractivity (Wildman–Crippen MR) is 97.4 cm³/mol. The van der Waals surface area contributed by atoms with Gasteiger partial charge in [-0.2, -0.15) is 0 Å². The fraction of sp³-hybridized carbons (Fsp3) is 0.211. The highest BCUT2D eigenvalue weighted by Gasteiger charge is 2.19. The van der Waals surface area contributed by atoms with E-state index in [9.17, 15) is 14.4 Å².